The van der Waals surface area contributed by atoms with Gasteiger partial charge in [0.05, 0.1) is 11.1 Å². The summed E-state index contributed by atoms with van der Waals surface area (Å²) in [6, 6.07) is 7.76. The maximum Gasteiger partial charge on any atom is 0.256 e. The number of H-pyrrole nitrogens is 1. The number of nitrogens with one attached hydrogen (secondary N) is 4. The predicted molar refractivity (Wildman–Crippen MR) is 136 cm³/mol. The van der Waals surface area contributed by atoms with Crippen LogP contribution < -0.4 is 16.0 Å². The lowest BCUT2D eigenvalue weighted by molar-refractivity contribution is -0.116. The molecule has 0 saturated carbocycles. The van der Waals surface area contributed by atoms with Crippen molar-refractivity contribution in [1.82, 2.24) is 20.6 Å². The largest absolute Gasteiger partial charge is 0.358 e. The van der Waals surface area contributed by atoms with Crippen LogP contribution in [-0.4, -0.2) is 40.8 Å². The van der Waals surface area contributed by atoms with Gasteiger partial charge in [-0.1, -0.05) is 6.07 Å². The molecule has 0 unspecified atom stereocenters. The smallest absolute Gasteiger partial charge is 0.256 e. The fraction of sp³-hybridized carbons (Fsp3) is 0.185. The van der Waals surface area contributed by atoms with Crippen molar-refractivity contribution in [3.8, 4) is 0 Å². The lowest BCUT2D eigenvalue weighted by Crippen LogP contribution is -2.29. The molecule has 0 atom stereocenters. The van der Waals surface area contributed by atoms with Gasteiger partial charge in [-0.15, -0.1) is 0 Å². The van der Waals surface area contributed by atoms with Crippen molar-refractivity contribution < 1.29 is 18.8 Å². The first-order chi connectivity index (χ1) is 17.3. The Balaban J connectivity index is 1.33. The molecule has 4 N–H and O–H groups in total. The summed E-state index contributed by atoms with van der Waals surface area (Å²) in [5.41, 5.74) is 4.62. The minimum absolute atomic E-state index is 0.224. The highest BCUT2D eigenvalue weighted by Gasteiger charge is 2.26. The van der Waals surface area contributed by atoms with Crippen LogP contribution in [-0.2, 0) is 9.59 Å². The number of anilines is 1. The van der Waals surface area contributed by atoms with Gasteiger partial charge in [-0.25, -0.2) is 4.39 Å². The number of aromatic nitrogens is 2. The van der Waals surface area contributed by atoms with Gasteiger partial charge in [0, 0.05) is 54.2 Å². The normalized spacial score (nSPS) is 13.6. The van der Waals surface area contributed by atoms with Gasteiger partial charge in [-0.3, -0.25) is 19.4 Å². The quantitative estimate of drug-likeness (QED) is 0.287. The molecule has 0 saturated heterocycles. The van der Waals surface area contributed by atoms with Gasteiger partial charge < -0.3 is 20.9 Å². The second kappa shape index (κ2) is 10.8. The molecule has 184 valence electrons. The number of fused-ring (bicyclic) bond motifs is 1. The van der Waals surface area contributed by atoms with Gasteiger partial charge >= 0.3 is 0 Å². The number of rotatable bonds is 8. The number of amides is 3. The molecule has 36 heavy (non-hydrogen) atoms. The standard InChI is InChI=1S/C27H26FN5O3/c1-16-23(14-21-20-13-19(28)7-8-22(20)33-26(21)35)32-17(2)25(16)27(36)31-12-4-11-30-24(34)9-6-18-5-3-10-29-15-18/h3,5-10,13-15,32H,4,11-12H2,1-2H3,(H,30,34)(H,31,36)(H,33,35)/b9-6+,21-14?. The lowest BCUT2D eigenvalue weighted by atomic mass is 10.0. The first-order valence-corrected chi connectivity index (χ1v) is 11.5. The molecule has 0 aliphatic carbocycles. The van der Waals surface area contributed by atoms with E-state index < -0.39 is 5.82 Å². The molecule has 3 aromatic rings. The number of halogens is 1. The van der Waals surface area contributed by atoms with Crippen LogP contribution in [0, 0.1) is 19.7 Å². The Hall–Kier alpha value is -4.53. The van der Waals surface area contributed by atoms with Crippen LogP contribution in [0.15, 0.2) is 48.8 Å². The van der Waals surface area contributed by atoms with Gasteiger partial charge in [0.15, 0.2) is 0 Å². The molecule has 4 rings (SSSR count). The molecule has 3 amide bonds. The fourth-order valence-corrected chi connectivity index (χ4v) is 4.00. The van der Waals surface area contributed by atoms with Crippen LogP contribution in [0.5, 0.6) is 0 Å². The summed E-state index contributed by atoms with van der Waals surface area (Å²) >= 11 is 0. The van der Waals surface area contributed by atoms with Crippen molar-refractivity contribution in [2.45, 2.75) is 20.3 Å². The van der Waals surface area contributed by atoms with Crippen molar-refractivity contribution in [3.63, 3.8) is 0 Å². The third-order valence-corrected chi connectivity index (χ3v) is 5.81. The average Bonchev–Trinajstić information content (AvgIpc) is 3.32. The number of carbonyl (C=O) groups is 3. The maximum atomic E-state index is 13.7. The van der Waals surface area contributed by atoms with E-state index in [1.165, 1.54) is 24.3 Å². The van der Waals surface area contributed by atoms with E-state index >= 15 is 0 Å². The molecular weight excluding hydrogens is 461 g/mol. The second-order valence-electron chi connectivity index (χ2n) is 8.39. The summed E-state index contributed by atoms with van der Waals surface area (Å²) in [6.07, 6.45) is 8.63. The lowest BCUT2D eigenvalue weighted by Gasteiger charge is -2.07. The number of pyridine rings is 1. The highest BCUT2D eigenvalue weighted by Crippen LogP contribution is 2.34. The molecule has 0 fully saturated rings. The highest BCUT2D eigenvalue weighted by atomic mass is 19.1. The number of hydrogen-bond donors (Lipinski definition) is 4. The minimum Gasteiger partial charge on any atom is -0.358 e. The van der Waals surface area contributed by atoms with Crippen LogP contribution >= 0.6 is 0 Å². The molecule has 8 nitrogen and oxygen atoms in total. The summed E-state index contributed by atoms with van der Waals surface area (Å²) in [5, 5.41) is 8.36. The summed E-state index contributed by atoms with van der Waals surface area (Å²) in [5.74, 6) is -1.24. The number of hydrogen-bond acceptors (Lipinski definition) is 4. The van der Waals surface area contributed by atoms with E-state index in [0.717, 1.165) is 5.56 Å². The summed E-state index contributed by atoms with van der Waals surface area (Å²) in [6.45, 7) is 4.35. The fourth-order valence-electron chi connectivity index (χ4n) is 4.00. The van der Waals surface area contributed by atoms with E-state index in [1.54, 1.807) is 44.5 Å². The molecular formula is C27H26FN5O3. The SMILES string of the molecule is Cc1[nH]c(C=C2C(=O)Nc3ccc(F)cc32)c(C)c1C(=O)NCCCNC(=O)/C=C/c1cccnc1. The molecule has 0 spiro atoms. The van der Waals surface area contributed by atoms with Crippen LogP contribution in [0.3, 0.4) is 0 Å². The van der Waals surface area contributed by atoms with Crippen LogP contribution in [0.4, 0.5) is 10.1 Å². The van der Waals surface area contributed by atoms with Gasteiger partial charge in [0.1, 0.15) is 5.82 Å². The molecule has 1 aliphatic rings. The summed E-state index contributed by atoms with van der Waals surface area (Å²) in [4.78, 5) is 44.3. The highest BCUT2D eigenvalue weighted by molar-refractivity contribution is 6.34. The Kier molecular flexibility index (Phi) is 7.39. The third kappa shape index (κ3) is 5.57. The van der Waals surface area contributed by atoms with Crippen LogP contribution in [0.2, 0.25) is 0 Å². The molecule has 1 aliphatic heterocycles. The number of aryl methyl sites for hydroxylation is 1. The second-order valence-corrected chi connectivity index (χ2v) is 8.39. The molecule has 9 heteroatoms. The zero-order chi connectivity index (χ0) is 25.7. The molecule has 3 heterocycles. The van der Waals surface area contributed by atoms with Gasteiger partial charge in [0.25, 0.3) is 11.8 Å². The Morgan fingerprint density at radius 2 is 1.94 bits per heavy atom. The van der Waals surface area contributed by atoms with Crippen molar-refractivity contribution in [1.29, 1.82) is 0 Å². The summed E-state index contributed by atoms with van der Waals surface area (Å²) in [7, 11) is 0. The van der Waals surface area contributed by atoms with Crippen molar-refractivity contribution in [3.05, 3.63) is 88.3 Å². The van der Waals surface area contributed by atoms with E-state index in [-0.39, 0.29) is 17.7 Å². The van der Waals surface area contributed by atoms with Crippen LogP contribution in [0.1, 0.15) is 44.9 Å². The zero-order valence-corrected chi connectivity index (χ0v) is 19.9. The monoisotopic (exact) mass is 487 g/mol. The van der Waals surface area contributed by atoms with Crippen molar-refractivity contribution in [2.24, 2.45) is 0 Å². The first kappa shape index (κ1) is 24.6. The van der Waals surface area contributed by atoms with Crippen LogP contribution in [0.25, 0.3) is 17.7 Å². The van der Waals surface area contributed by atoms with E-state index in [9.17, 15) is 18.8 Å². The topological polar surface area (TPSA) is 116 Å². The number of carbonyl (C=O) groups excluding carboxylic acids is 3. The molecule has 0 bridgehead atoms. The average molecular weight is 488 g/mol. The number of benzene rings is 1. The number of nitrogens with zero attached hydrogens (tertiary/aromatic N) is 1. The predicted octanol–water partition coefficient (Wildman–Crippen LogP) is 3.61. The van der Waals surface area contributed by atoms with E-state index in [0.29, 0.717) is 58.8 Å². The zero-order valence-electron chi connectivity index (χ0n) is 19.9. The van der Waals surface area contributed by atoms with Gasteiger partial charge in [-0.2, -0.15) is 0 Å². The Morgan fingerprint density at radius 1 is 1.14 bits per heavy atom. The Morgan fingerprint density at radius 3 is 2.72 bits per heavy atom. The third-order valence-electron chi connectivity index (χ3n) is 5.81. The Labute approximate surface area is 207 Å². The van der Waals surface area contributed by atoms with E-state index in [1.807, 2.05) is 6.07 Å². The van der Waals surface area contributed by atoms with E-state index in [2.05, 4.69) is 25.9 Å². The van der Waals surface area contributed by atoms with E-state index in [4.69, 9.17) is 0 Å². The molecule has 2 aromatic heterocycles. The molecule has 1 aromatic carbocycles. The molecule has 0 radical (unpaired) electrons. The summed E-state index contributed by atoms with van der Waals surface area (Å²) < 4.78 is 13.7. The van der Waals surface area contributed by atoms with Crippen molar-refractivity contribution in [2.75, 3.05) is 18.4 Å². The number of aromatic amines is 1. The minimum atomic E-state index is -0.434. The van der Waals surface area contributed by atoms with Gasteiger partial charge in [0.2, 0.25) is 5.91 Å². The van der Waals surface area contributed by atoms with Crippen molar-refractivity contribution >= 4 is 41.1 Å². The van der Waals surface area contributed by atoms with Gasteiger partial charge in [-0.05, 0) is 67.8 Å². The Bertz CT molecular complexity index is 1380. The first-order valence-electron chi connectivity index (χ1n) is 11.5. The maximum absolute atomic E-state index is 13.7.